The minimum Gasteiger partial charge on any atom is -0.325 e. The monoisotopic (exact) mass is 459 g/mol. The van der Waals surface area contributed by atoms with Gasteiger partial charge in [0.15, 0.2) is 11.0 Å². The molecule has 1 aromatic carbocycles. The quantitative estimate of drug-likeness (QED) is 0.510. The van der Waals surface area contributed by atoms with E-state index in [1.807, 2.05) is 38.1 Å². The van der Waals surface area contributed by atoms with Gasteiger partial charge in [-0.25, -0.2) is 0 Å². The van der Waals surface area contributed by atoms with E-state index in [-0.39, 0.29) is 11.7 Å². The summed E-state index contributed by atoms with van der Waals surface area (Å²) in [5, 5.41) is 12.4. The fourth-order valence-corrected chi connectivity index (χ4v) is 4.40. The van der Waals surface area contributed by atoms with Crippen LogP contribution in [0.5, 0.6) is 0 Å². The summed E-state index contributed by atoms with van der Waals surface area (Å²) in [4.78, 5) is 16.6. The molecule has 0 unspecified atom stereocenters. The highest BCUT2D eigenvalue weighted by molar-refractivity contribution is 9.10. The normalized spacial score (nSPS) is 10.9. The number of hydrogen-bond donors (Lipinski definition) is 1. The molecule has 2 aromatic heterocycles. The van der Waals surface area contributed by atoms with Crippen LogP contribution >= 0.6 is 27.7 Å². The number of rotatable bonds is 7. The summed E-state index contributed by atoms with van der Waals surface area (Å²) >= 11 is 4.88. The summed E-state index contributed by atoms with van der Waals surface area (Å²) in [6.45, 7) is 6.87. The highest BCUT2D eigenvalue weighted by Crippen LogP contribution is 2.27. The molecule has 3 aromatic rings. The Morgan fingerprint density at radius 2 is 1.86 bits per heavy atom. The Balaban J connectivity index is 1.72. The topological polar surface area (TPSA) is 72.7 Å². The molecule has 0 atom stereocenters. The number of halogens is 1. The van der Waals surface area contributed by atoms with Crippen LogP contribution in [0.15, 0.2) is 46.3 Å². The van der Waals surface area contributed by atoms with Gasteiger partial charge in [0.1, 0.15) is 0 Å². The molecular formula is C20H22BrN5OS. The molecule has 28 heavy (non-hydrogen) atoms. The van der Waals surface area contributed by atoms with Gasteiger partial charge in [0.25, 0.3) is 0 Å². The number of benzene rings is 1. The summed E-state index contributed by atoms with van der Waals surface area (Å²) in [5.41, 5.74) is 3.88. The number of nitrogens with one attached hydrogen (secondary N) is 1. The number of thioether (sulfide) groups is 1. The number of aryl methyl sites for hydroxylation is 2. The van der Waals surface area contributed by atoms with E-state index in [2.05, 4.69) is 47.9 Å². The van der Waals surface area contributed by atoms with E-state index in [0.29, 0.717) is 0 Å². The molecule has 0 aliphatic heterocycles. The van der Waals surface area contributed by atoms with Gasteiger partial charge in [0, 0.05) is 34.7 Å². The van der Waals surface area contributed by atoms with Gasteiger partial charge < -0.3 is 9.88 Å². The van der Waals surface area contributed by atoms with Crippen LogP contribution in [0, 0.1) is 13.8 Å². The summed E-state index contributed by atoms with van der Waals surface area (Å²) < 4.78 is 3.06. The van der Waals surface area contributed by atoms with Crippen molar-refractivity contribution in [2.75, 3.05) is 11.1 Å². The number of aromatic nitrogens is 4. The van der Waals surface area contributed by atoms with Crippen molar-refractivity contribution in [1.29, 1.82) is 0 Å². The van der Waals surface area contributed by atoms with Crippen LogP contribution in [0.4, 0.5) is 5.69 Å². The molecule has 0 saturated heterocycles. The van der Waals surface area contributed by atoms with E-state index in [4.69, 9.17) is 0 Å². The summed E-state index contributed by atoms with van der Waals surface area (Å²) in [7, 11) is 0. The van der Waals surface area contributed by atoms with Gasteiger partial charge >= 0.3 is 0 Å². The van der Waals surface area contributed by atoms with Crippen LogP contribution in [0.3, 0.4) is 0 Å². The first-order valence-corrected chi connectivity index (χ1v) is 10.8. The van der Waals surface area contributed by atoms with Crippen molar-refractivity contribution in [2.24, 2.45) is 0 Å². The molecule has 0 bridgehead atoms. The molecule has 3 rings (SSSR count). The van der Waals surface area contributed by atoms with Gasteiger partial charge in [-0.2, -0.15) is 0 Å². The first kappa shape index (κ1) is 20.5. The number of nitrogens with zero attached hydrogens (tertiary/aromatic N) is 4. The number of carbonyl (C=O) groups excluding carboxylic acids is 1. The largest absolute Gasteiger partial charge is 0.325 e. The van der Waals surface area contributed by atoms with E-state index in [9.17, 15) is 4.79 Å². The molecule has 2 heterocycles. The lowest BCUT2D eigenvalue weighted by Crippen LogP contribution is -2.16. The fraction of sp³-hybridized carbons (Fsp3) is 0.300. The third-order valence-electron chi connectivity index (χ3n) is 4.20. The van der Waals surface area contributed by atoms with Crippen molar-refractivity contribution >= 4 is 39.3 Å². The van der Waals surface area contributed by atoms with Crippen LogP contribution in [0.25, 0.3) is 11.4 Å². The average molecular weight is 460 g/mol. The second kappa shape index (κ2) is 9.34. The molecule has 0 aliphatic rings. The first-order valence-electron chi connectivity index (χ1n) is 9.02. The standard InChI is InChI=1S/C20H22BrN5OS/c1-4-9-26-19(15-5-7-22-8-6-15)24-25-20(26)28-12-17(27)23-18-13(2)10-16(21)11-14(18)3/h5-8,10-11H,4,9,12H2,1-3H3,(H,23,27). The zero-order valence-corrected chi connectivity index (χ0v) is 18.5. The molecule has 1 N–H and O–H groups in total. The molecular weight excluding hydrogens is 438 g/mol. The highest BCUT2D eigenvalue weighted by atomic mass is 79.9. The maximum absolute atomic E-state index is 12.5. The number of carbonyl (C=O) groups is 1. The summed E-state index contributed by atoms with van der Waals surface area (Å²) in [6, 6.07) is 7.82. The SMILES string of the molecule is CCCn1c(SCC(=O)Nc2c(C)cc(Br)cc2C)nnc1-c1ccncc1. The van der Waals surface area contributed by atoms with Crippen molar-refractivity contribution < 1.29 is 4.79 Å². The van der Waals surface area contributed by atoms with Gasteiger partial charge in [-0.15, -0.1) is 10.2 Å². The maximum atomic E-state index is 12.5. The van der Waals surface area contributed by atoms with Crippen LogP contribution in [0.1, 0.15) is 24.5 Å². The van der Waals surface area contributed by atoms with Gasteiger partial charge in [0.2, 0.25) is 5.91 Å². The zero-order chi connectivity index (χ0) is 20.1. The Bertz CT molecular complexity index is 951. The number of amides is 1. The molecule has 0 fully saturated rings. The van der Waals surface area contributed by atoms with Crippen molar-refractivity contribution in [3.05, 3.63) is 52.3 Å². The molecule has 0 spiro atoms. The van der Waals surface area contributed by atoms with Crippen molar-refractivity contribution in [1.82, 2.24) is 19.7 Å². The third kappa shape index (κ3) is 4.80. The van der Waals surface area contributed by atoms with Crippen LogP contribution < -0.4 is 5.32 Å². The van der Waals surface area contributed by atoms with E-state index in [1.54, 1.807) is 12.4 Å². The van der Waals surface area contributed by atoms with Crippen molar-refractivity contribution in [3.63, 3.8) is 0 Å². The van der Waals surface area contributed by atoms with Gasteiger partial charge in [0.05, 0.1) is 5.75 Å². The molecule has 8 heteroatoms. The molecule has 0 radical (unpaired) electrons. The lowest BCUT2D eigenvalue weighted by Gasteiger charge is -2.12. The van der Waals surface area contributed by atoms with Crippen molar-refractivity contribution in [2.45, 2.75) is 38.9 Å². The van der Waals surface area contributed by atoms with Gasteiger partial charge in [-0.05, 0) is 55.7 Å². The second-order valence-electron chi connectivity index (χ2n) is 6.45. The van der Waals surface area contributed by atoms with Gasteiger partial charge in [-0.1, -0.05) is 34.6 Å². The minimum absolute atomic E-state index is 0.0602. The van der Waals surface area contributed by atoms with Gasteiger partial charge in [-0.3, -0.25) is 9.78 Å². The predicted octanol–water partition coefficient (Wildman–Crippen LogP) is 4.86. The van der Waals surface area contributed by atoms with Crippen LogP contribution in [0.2, 0.25) is 0 Å². The molecule has 0 saturated carbocycles. The molecule has 6 nitrogen and oxygen atoms in total. The fourth-order valence-electron chi connectivity index (χ4n) is 2.95. The van der Waals surface area contributed by atoms with E-state index < -0.39 is 0 Å². The highest BCUT2D eigenvalue weighted by Gasteiger charge is 2.16. The molecule has 146 valence electrons. The summed E-state index contributed by atoms with van der Waals surface area (Å²) in [6.07, 6.45) is 4.43. The number of hydrogen-bond acceptors (Lipinski definition) is 5. The van der Waals surface area contributed by atoms with Crippen molar-refractivity contribution in [3.8, 4) is 11.4 Å². The molecule has 1 amide bonds. The van der Waals surface area contributed by atoms with E-state index in [0.717, 1.165) is 50.8 Å². The van der Waals surface area contributed by atoms with Crippen LogP contribution in [-0.2, 0) is 11.3 Å². The zero-order valence-electron chi connectivity index (χ0n) is 16.1. The van der Waals surface area contributed by atoms with Crippen LogP contribution in [-0.4, -0.2) is 31.4 Å². The lowest BCUT2D eigenvalue weighted by atomic mass is 10.1. The average Bonchev–Trinajstić information content (AvgIpc) is 3.07. The van der Waals surface area contributed by atoms with E-state index >= 15 is 0 Å². The minimum atomic E-state index is -0.0602. The third-order valence-corrected chi connectivity index (χ3v) is 5.62. The number of pyridine rings is 1. The Labute approximate surface area is 177 Å². The van der Waals surface area contributed by atoms with E-state index in [1.165, 1.54) is 11.8 Å². The first-order chi connectivity index (χ1) is 13.5. The number of anilines is 1. The Morgan fingerprint density at radius 3 is 2.50 bits per heavy atom. The summed E-state index contributed by atoms with van der Waals surface area (Å²) in [5.74, 6) is 1.01. The molecule has 0 aliphatic carbocycles. The second-order valence-corrected chi connectivity index (χ2v) is 8.30. The Morgan fingerprint density at radius 1 is 1.18 bits per heavy atom. The smallest absolute Gasteiger partial charge is 0.234 e. The Hall–Kier alpha value is -2.19. The predicted molar refractivity (Wildman–Crippen MR) is 117 cm³/mol. The lowest BCUT2D eigenvalue weighted by molar-refractivity contribution is -0.113. The Kier molecular flexibility index (Phi) is 6.85. The maximum Gasteiger partial charge on any atom is 0.234 e.